The molecule has 0 radical (unpaired) electrons. The number of nitrogens with two attached hydrogens (primary N) is 1. The van der Waals surface area contributed by atoms with E-state index in [2.05, 4.69) is 5.32 Å². The topological polar surface area (TPSA) is 89.3 Å². The number of nitrogens with one attached hydrogen (secondary N) is 1. The molecule has 0 heterocycles. The lowest BCUT2D eigenvalue weighted by Crippen LogP contribution is -2.34. The van der Waals surface area contributed by atoms with E-state index < -0.39 is 21.7 Å². The minimum Gasteiger partial charge on any atom is -0.349 e. The Morgan fingerprint density at radius 1 is 1.40 bits per heavy atom. The van der Waals surface area contributed by atoms with Gasteiger partial charge in [0.25, 0.3) is 5.91 Å². The molecular formula is C13H19FN2O3S. The fourth-order valence-electron chi connectivity index (χ4n) is 1.85. The summed E-state index contributed by atoms with van der Waals surface area (Å²) in [5.41, 5.74) is -0.314. The molecule has 1 aromatic rings. The van der Waals surface area contributed by atoms with Gasteiger partial charge in [-0.15, -0.1) is 0 Å². The Hall–Kier alpha value is -1.47. The zero-order valence-corrected chi connectivity index (χ0v) is 12.3. The molecule has 0 aliphatic rings. The van der Waals surface area contributed by atoms with Crippen LogP contribution >= 0.6 is 0 Å². The first-order valence-electron chi connectivity index (χ1n) is 6.42. The van der Waals surface area contributed by atoms with Gasteiger partial charge in [0.05, 0.1) is 10.5 Å². The summed E-state index contributed by atoms with van der Waals surface area (Å²) in [5.74, 6) is -1.41. The smallest absolute Gasteiger partial charge is 0.254 e. The van der Waals surface area contributed by atoms with Gasteiger partial charge in [0.1, 0.15) is 5.82 Å². The van der Waals surface area contributed by atoms with Crippen LogP contribution in [0.15, 0.2) is 23.1 Å². The number of carbonyl (C=O) groups excluding carboxylic acids is 1. The molecule has 5 nitrogen and oxygen atoms in total. The van der Waals surface area contributed by atoms with Crippen molar-refractivity contribution in [2.75, 3.05) is 0 Å². The molecule has 0 saturated carbocycles. The molecule has 1 unspecified atom stereocenters. The van der Waals surface area contributed by atoms with Crippen molar-refractivity contribution in [1.82, 2.24) is 5.32 Å². The zero-order valence-electron chi connectivity index (χ0n) is 11.5. The van der Waals surface area contributed by atoms with Gasteiger partial charge >= 0.3 is 0 Å². The zero-order chi connectivity index (χ0) is 15.3. The number of primary sulfonamides is 1. The number of amides is 1. The number of rotatable bonds is 6. The molecule has 0 saturated heterocycles. The molecule has 1 atom stereocenters. The quantitative estimate of drug-likeness (QED) is 0.839. The van der Waals surface area contributed by atoms with Crippen molar-refractivity contribution >= 4 is 15.9 Å². The Kier molecular flexibility index (Phi) is 5.64. The van der Waals surface area contributed by atoms with Crippen LogP contribution in [0.3, 0.4) is 0 Å². The molecule has 7 heteroatoms. The molecule has 1 rings (SSSR count). The molecule has 112 valence electrons. The van der Waals surface area contributed by atoms with E-state index >= 15 is 0 Å². The number of halogens is 1. The van der Waals surface area contributed by atoms with Crippen LogP contribution in [0.4, 0.5) is 4.39 Å². The number of hydrogen-bond acceptors (Lipinski definition) is 3. The van der Waals surface area contributed by atoms with Crippen molar-refractivity contribution in [3.8, 4) is 0 Å². The fourth-order valence-corrected chi connectivity index (χ4v) is 2.39. The Morgan fingerprint density at radius 2 is 2.05 bits per heavy atom. The number of benzene rings is 1. The predicted octanol–water partition coefficient (Wildman–Crippen LogP) is 1.78. The maximum Gasteiger partial charge on any atom is 0.254 e. The second-order valence-corrected chi connectivity index (χ2v) is 6.12. The van der Waals surface area contributed by atoms with Crippen molar-refractivity contribution in [3.05, 3.63) is 29.6 Å². The van der Waals surface area contributed by atoms with E-state index in [1.54, 1.807) is 0 Å². The normalized spacial score (nSPS) is 13.0. The van der Waals surface area contributed by atoms with Gasteiger partial charge in [-0.1, -0.05) is 20.3 Å². The van der Waals surface area contributed by atoms with E-state index in [0.29, 0.717) is 0 Å². The van der Waals surface area contributed by atoms with Crippen LogP contribution in [0.2, 0.25) is 0 Å². The van der Waals surface area contributed by atoms with E-state index in [1.807, 2.05) is 13.8 Å². The van der Waals surface area contributed by atoms with Crippen LogP contribution in [0, 0.1) is 5.82 Å². The van der Waals surface area contributed by atoms with Crippen LogP contribution < -0.4 is 10.5 Å². The Labute approximate surface area is 118 Å². The van der Waals surface area contributed by atoms with Crippen LogP contribution in [0.1, 0.15) is 43.5 Å². The first-order chi connectivity index (χ1) is 9.29. The molecule has 1 aromatic carbocycles. The van der Waals surface area contributed by atoms with E-state index in [1.165, 1.54) is 0 Å². The summed E-state index contributed by atoms with van der Waals surface area (Å²) in [6, 6.07) is 2.85. The van der Waals surface area contributed by atoms with Crippen LogP contribution in [0.25, 0.3) is 0 Å². The Morgan fingerprint density at radius 3 is 2.55 bits per heavy atom. The van der Waals surface area contributed by atoms with E-state index in [9.17, 15) is 17.6 Å². The molecule has 0 fully saturated rings. The monoisotopic (exact) mass is 302 g/mol. The summed E-state index contributed by atoms with van der Waals surface area (Å²) in [5, 5.41) is 7.66. The maximum atomic E-state index is 13.7. The molecular weight excluding hydrogens is 283 g/mol. The summed E-state index contributed by atoms with van der Waals surface area (Å²) in [6.07, 6.45) is 2.38. The lowest BCUT2D eigenvalue weighted by molar-refractivity contribution is 0.0929. The van der Waals surface area contributed by atoms with Gasteiger partial charge in [-0.05, 0) is 31.0 Å². The molecule has 0 aliphatic carbocycles. The predicted molar refractivity (Wildman–Crippen MR) is 74.2 cm³/mol. The highest BCUT2D eigenvalue weighted by atomic mass is 32.2. The van der Waals surface area contributed by atoms with Crippen LogP contribution in [-0.4, -0.2) is 20.4 Å². The fraction of sp³-hybridized carbons (Fsp3) is 0.462. The largest absolute Gasteiger partial charge is 0.349 e. The lowest BCUT2D eigenvalue weighted by atomic mass is 10.1. The van der Waals surface area contributed by atoms with Gasteiger partial charge in [0.2, 0.25) is 10.0 Å². The van der Waals surface area contributed by atoms with Gasteiger partial charge in [0, 0.05) is 6.04 Å². The molecule has 0 aromatic heterocycles. The third kappa shape index (κ3) is 4.28. The lowest BCUT2D eigenvalue weighted by Gasteiger charge is -2.16. The van der Waals surface area contributed by atoms with Crippen molar-refractivity contribution in [3.63, 3.8) is 0 Å². The molecule has 3 N–H and O–H groups in total. The summed E-state index contributed by atoms with van der Waals surface area (Å²) < 4.78 is 36.1. The number of hydrogen-bond donors (Lipinski definition) is 2. The van der Waals surface area contributed by atoms with Gasteiger partial charge in [-0.3, -0.25) is 4.79 Å². The van der Waals surface area contributed by atoms with E-state index in [4.69, 9.17) is 5.14 Å². The van der Waals surface area contributed by atoms with Crippen molar-refractivity contribution in [1.29, 1.82) is 0 Å². The van der Waals surface area contributed by atoms with E-state index in [0.717, 1.165) is 37.5 Å². The summed E-state index contributed by atoms with van der Waals surface area (Å²) in [6.45, 7) is 3.90. The number of sulfonamides is 1. The van der Waals surface area contributed by atoms with Crippen molar-refractivity contribution in [2.24, 2.45) is 5.14 Å². The summed E-state index contributed by atoms with van der Waals surface area (Å²) in [4.78, 5) is 11.7. The van der Waals surface area contributed by atoms with Crippen LogP contribution in [-0.2, 0) is 10.0 Å². The van der Waals surface area contributed by atoms with Crippen LogP contribution in [0.5, 0.6) is 0 Å². The van der Waals surface area contributed by atoms with Crippen molar-refractivity contribution in [2.45, 2.75) is 44.0 Å². The maximum absolute atomic E-state index is 13.7. The van der Waals surface area contributed by atoms with E-state index in [-0.39, 0.29) is 16.5 Å². The molecule has 0 bridgehead atoms. The Bertz CT molecular complexity index is 587. The van der Waals surface area contributed by atoms with Gasteiger partial charge in [-0.25, -0.2) is 17.9 Å². The first-order valence-corrected chi connectivity index (χ1v) is 7.97. The standard InChI is InChI=1S/C13H19FN2O3S/c1-3-5-9(4-2)16-13(17)11-8-10(20(15,18)19)6-7-12(11)14/h6-9H,3-5H2,1-2H3,(H,16,17)(H2,15,18,19). The molecule has 0 spiro atoms. The molecule has 1 amide bonds. The Balaban J connectivity index is 3.03. The minimum absolute atomic E-state index is 0.0648. The van der Waals surface area contributed by atoms with Gasteiger partial charge < -0.3 is 5.32 Å². The molecule has 20 heavy (non-hydrogen) atoms. The first kappa shape index (κ1) is 16.6. The highest BCUT2D eigenvalue weighted by molar-refractivity contribution is 7.89. The second kappa shape index (κ2) is 6.81. The minimum atomic E-state index is -3.97. The SMILES string of the molecule is CCCC(CC)NC(=O)c1cc(S(N)(=O)=O)ccc1F. The molecule has 0 aliphatic heterocycles. The summed E-state index contributed by atoms with van der Waals surface area (Å²) in [7, 11) is -3.97. The van der Waals surface area contributed by atoms with Gasteiger partial charge in [-0.2, -0.15) is 0 Å². The third-order valence-electron chi connectivity index (χ3n) is 2.98. The van der Waals surface area contributed by atoms with Gasteiger partial charge in [0.15, 0.2) is 0 Å². The van der Waals surface area contributed by atoms with Crippen molar-refractivity contribution < 1.29 is 17.6 Å². The highest BCUT2D eigenvalue weighted by Crippen LogP contribution is 2.15. The summed E-state index contributed by atoms with van der Waals surface area (Å²) >= 11 is 0. The number of carbonyl (C=O) groups is 1. The third-order valence-corrected chi connectivity index (χ3v) is 3.89. The average molecular weight is 302 g/mol. The second-order valence-electron chi connectivity index (χ2n) is 4.55. The highest BCUT2D eigenvalue weighted by Gasteiger charge is 2.18. The average Bonchev–Trinajstić information content (AvgIpc) is 2.37.